The molecule has 1 N–H and O–H groups in total. The number of piperidine rings is 1. The average molecular weight is 467 g/mol. The van der Waals surface area contributed by atoms with E-state index in [4.69, 9.17) is 0 Å². The van der Waals surface area contributed by atoms with Gasteiger partial charge in [-0.25, -0.2) is 9.67 Å². The highest BCUT2D eigenvalue weighted by Gasteiger charge is 2.39. The highest BCUT2D eigenvalue weighted by molar-refractivity contribution is 6.05. The van der Waals surface area contributed by atoms with E-state index in [1.54, 1.807) is 17.1 Å². The van der Waals surface area contributed by atoms with E-state index in [9.17, 15) is 14.4 Å². The molecule has 0 spiro atoms. The molecular formula is C25H21N7O3. The van der Waals surface area contributed by atoms with Crippen LogP contribution in [0.3, 0.4) is 0 Å². The Morgan fingerprint density at radius 3 is 2.71 bits per heavy atom. The van der Waals surface area contributed by atoms with Crippen molar-refractivity contribution in [1.29, 1.82) is 0 Å². The molecule has 0 aliphatic carbocycles. The van der Waals surface area contributed by atoms with E-state index in [0.29, 0.717) is 30.8 Å². The average Bonchev–Trinajstić information content (AvgIpc) is 3.60. The molecule has 2 aromatic heterocycles. The molecule has 3 amide bonds. The predicted molar refractivity (Wildman–Crippen MR) is 124 cm³/mol. The summed E-state index contributed by atoms with van der Waals surface area (Å²) in [5.41, 5.74) is 4.76. The molecule has 10 nitrogen and oxygen atoms in total. The molecule has 10 heteroatoms. The second-order valence-corrected chi connectivity index (χ2v) is 8.69. The van der Waals surface area contributed by atoms with Crippen molar-refractivity contribution in [3.05, 3.63) is 84.1 Å². The molecule has 35 heavy (non-hydrogen) atoms. The number of nitrogens with one attached hydrogen (secondary N) is 1. The SMILES string of the molecule is O=C1CCC(N2Cc3ccc(-n4cc(Cn5cnc(-c6ccccc6)c5)nn4)cc3C2=O)C(=O)N1. The highest BCUT2D eigenvalue weighted by atomic mass is 16.2. The van der Waals surface area contributed by atoms with Crippen molar-refractivity contribution in [3.63, 3.8) is 0 Å². The number of hydrogen-bond donors (Lipinski definition) is 1. The topological polar surface area (TPSA) is 115 Å². The van der Waals surface area contributed by atoms with Crippen molar-refractivity contribution in [2.24, 2.45) is 0 Å². The zero-order chi connectivity index (χ0) is 23.9. The number of aromatic nitrogens is 5. The Bertz CT molecular complexity index is 1460. The van der Waals surface area contributed by atoms with Gasteiger partial charge in [0.15, 0.2) is 0 Å². The fraction of sp³-hybridized carbons (Fsp3) is 0.200. The van der Waals surface area contributed by atoms with Gasteiger partial charge < -0.3 is 9.47 Å². The monoisotopic (exact) mass is 467 g/mol. The molecule has 4 heterocycles. The molecule has 1 atom stereocenters. The van der Waals surface area contributed by atoms with Gasteiger partial charge in [0.2, 0.25) is 11.8 Å². The molecule has 1 unspecified atom stereocenters. The standard InChI is InChI=1S/C25H21N7O3/c33-23-9-8-22(24(34)27-23)31-11-17-6-7-19(10-20(17)25(31)35)32-13-18(28-29-32)12-30-14-21(26-15-30)16-4-2-1-3-5-16/h1-7,10,13-15,22H,8-9,11-12H2,(H,27,33,34). The first-order valence-corrected chi connectivity index (χ1v) is 11.3. The van der Waals surface area contributed by atoms with Crippen molar-refractivity contribution in [2.75, 3.05) is 0 Å². The number of amides is 3. The Labute approximate surface area is 200 Å². The molecule has 0 bridgehead atoms. The van der Waals surface area contributed by atoms with E-state index in [1.807, 2.05) is 59.4 Å². The van der Waals surface area contributed by atoms with Gasteiger partial charge in [-0.05, 0) is 24.1 Å². The summed E-state index contributed by atoms with van der Waals surface area (Å²) in [6.45, 7) is 0.848. The zero-order valence-electron chi connectivity index (χ0n) is 18.7. The number of hydrogen-bond acceptors (Lipinski definition) is 6. The number of nitrogens with zero attached hydrogens (tertiary/aromatic N) is 6. The van der Waals surface area contributed by atoms with E-state index < -0.39 is 11.9 Å². The highest BCUT2D eigenvalue weighted by Crippen LogP contribution is 2.29. The van der Waals surface area contributed by atoms with Crippen molar-refractivity contribution in [3.8, 4) is 16.9 Å². The van der Waals surface area contributed by atoms with Crippen molar-refractivity contribution in [2.45, 2.75) is 32.0 Å². The summed E-state index contributed by atoms with van der Waals surface area (Å²) in [6, 6.07) is 14.8. The molecule has 4 aromatic rings. The molecule has 2 aliphatic heterocycles. The lowest BCUT2D eigenvalue weighted by molar-refractivity contribution is -0.136. The van der Waals surface area contributed by atoms with E-state index in [1.165, 1.54) is 4.90 Å². The van der Waals surface area contributed by atoms with Gasteiger partial charge in [0, 0.05) is 30.3 Å². The maximum absolute atomic E-state index is 13.1. The zero-order valence-corrected chi connectivity index (χ0v) is 18.7. The van der Waals surface area contributed by atoms with E-state index in [-0.39, 0.29) is 18.2 Å². The Hall–Kier alpha value is -4.60. The lowest BCUT2D eigenvalue weighted by Crippen LogP contribution is -2.52. The maximum Gasteiger partial charge on any atom is 0.255 e. The first-order chi connectivity index (χ1) is 17.0. The van der Waals surface area contributed by atoms with Gasteiger partial charge in [0.25, 0.3) is 5.91 Å². The third kappa shape index (κ3) is 3.88. The predicted octanol–water partition coefficient (Wildman–Crippen LogP) is 1.94. The van der Waals surface area contributed by atoms with Crippen molar-refractivity contribution >= 4 is 17.7 Å². The quantitative estimate of drug-likeness (QED) is 0.449. The number of carbonyl (C=O) groups is 3. The minimum absolute atomic E-state index is 0.219. The van der Waals surface area contributed by atoms with Crippen LogP contribution in [0.5, 0.6) is 0 Å². The van der Waals surface area contributed by atoms with Crippen LogP contribution in [0.15, 0.2) is 67.3 Å². The van der Waals surface area contributed by atoms with Gasteiger partial charge >= 0.3 is 0 Å². The third-order valence-corrected chi connectivity index (χ3v) is 6.36. The van der Waals surface area contributed by atoms with Gasteiger partial charge in [-0.3, -0.25) is 19.7 Å². The molecule has 0 radical (unpaired) electrons. The molecule has 1 fully saturated rings. The molecule has 174 valence electrons. The number of carbonyl (C=O) groups excluding carboxylic acids is 3. The van der Waals surface area contributed by atoms with Crippen LogP contribution < -0.4 is 5.32 Å². The Morgan fingerprint density at radius 1 is 1.03 bits per heavy atom. The van der Waals surface area contributed by atoms with Gasteiger partial charge in [-0.2, -0.15) is 0 Å². The van der Waals surface area contributed by atoms with E-state index in [2.05, 4.69) is 20.6 Å². The van der Waals surface area contributed by atoms with Crippen LogP contribution >= 0.6 is 0 Å². The normalized spacial score (nSPS) is 17.5. The van der Waals surface area contributed by atoms with Crippen LogP contribution in [0.2, 0.25) is 0 Å². The number of imidazole rings is 1. The molecule has 6 rings (SSSR count). The van der Waals surface area contributed by atoms with Gasteiger partial charge in [-0.15, -0.1) is 5.10 Å². The number of fused-ring (bicyclic) bond motifs is 1. The number of benzene rings is 2. The molecule has 1 saturated heterocycles. The lowest BCUT2D eigenvalue weighted by Gasteiger charge is -2.29. The first kappa shape index (κ1) is 21.0. The minimum Gasteiger partial charge on any atom is -0.331 e. The fourth-order valence-electron chi connectivity index (χ4n) is 4.57. The summed E-state index contributed by atoms with van der Waals surface area (Å²) in [7, 11) is 0. The van der Waals surface area contributed by atoms with Crippen molar-refractivity contribution in [1.82, 2.24) is 34.8 Å². The Morgan fingerprint density at radius 2 is 1.89 bits per heavy atom. The summed E-state index contributed by atoms with van der Waals surface area (Å²) in [4.78, 5) is 42.8. The molecular weight excluding hydrogens is 446 g/mol. The summed E-state index contributed by atoms with van der Waals surface area (Å²) < 4.78 is 3.58. The van der Waals surface area contributed by atoms with Crippen LogP contribution in [-0.2, 0) is 22.7 Å². The molecule has 2 aromatic carbocycles. The molecule has 0 saturated carbocycles. The van der Waals surface area contributed by atoms with Gasteiger partial charge in [0.05, 0.1) is 30.5 Å². The maximum atomic E-state index is 13.1. The van der Waals surface area contributed by atoms with Crippen LogP contribution in [0, 0.1) is 0 Å². The third-order valence-electron chi connectivity index (χ3n) is 6.36. The number of imide groups is 1. The first-order valence-electron chi connectivity index (χ1n) is 11.3. The van der Waals surface area contributed by atoms with Crippen LogP contribution in [0.4, 0.5) is 0 Å². The summed E-state index contributed by atoms with van der Waals surface area (Å²) in [5, 5.41) is 10.8. The Balaban J connectivity index is 1.18. The smallest absolute Gasteiger partial charge is 0.255 e. The lowest BCUT2D eigenvalue weighted by atomic mass is 10.0. The summed E-state index contributed by atoms with van der Waals surface area (Å²) in [5.74, 6) is -0.936. The Kier molecular flexibility index (Phi) is 4.98. The minimum atomic E-state index is -0.634. The number of rotatable bonds is 5. The summed E-state index contributed by atoms with van der Waals surface area (Å²) >= 11 is 0. The van der Waals surface area contributed by atoms with E-state index >= 15 is 0 Å². The van der Waals surface area contributed by atoms with Gasteiger partial charge in [-0.1, -0.05) is 41.6 Å². The largest absolute Gasteiger partial charge is 0.331 e. The second kappa shape index (κ2) is 8.32. The fourth-order valence-corrected chi connectivity index (χ4v) is 4.57. The van der Waals surface area contributed by atoms with Crippen LogP contribution in [-0.4, -0.2) is 53.2 Å². The summed E-state index contributed by atoms with van der Waals surface area (Å²) in [6.07, 6.45) is 6.11. The van der Waals surface area contributed by atoms with Gasteiger partial charge in [0.1, 0.15) is 11.7 Å². The van der Waals surface area contributed by atoms with Crippen molar-refractivity contribution < 1.29 is 14.4 Å². The van der Waals surface area contributed by atoms with Crippen LogP contribution in [0.25, 0.3) is 16.9 Å². The second-order valence-electron chi connectivity index (χ2n) is 8.69. The molecule has 2 aliphatic rings. The van der Waals surface area contributed by atoms with E-state index in [0.717, 1.165) is 22.5 Å². The van der Waals surface area contributed by atoms with Crippen LogP contribution in [0.1, 0.15) is 34.5 Å².